The van der Waals surface area contributed by atoms with Crippen LogP contribution in [-0.4, -0.2) is 41.9 Å². The van der Waals surface area contributed by atoms with Crippen LogP contribution in [0.15, 0.2) is 60.7 Å². The molecule has 0 spiro atoms. The number of rotatable bonds is 4. The van der Waals surface area contributed by atoms with Crippen molar-refractivity contribution in [3.8, 4) is 0 Å². The van der Waals surface area contributed by atoms with Crippen LogP contribution < -0.4 is 0 Å². The molecular formula is C23H28N2O. The van der Waals surface area contributed by atoms with Crippen molar-refractivity contribution in [2.75, 3.05) is 26.2 Å². The maximum atomic E-state index is 13.5. The minimum absolute atomic E-state index is 0.275. The van der Waals surface area contributed by atoms with Crippen LogP contribution in [0.1, 0.15) is 36.8 Å². The summed E-state index contributed by atoms with van der Waals surface area (Å²) in [4.78, 5) is 18.1. The van der Waals surface area contributed by atoms with Gasteiger partial charge in [-0.15, -0.1) is 0 Å². The zero-order chi connectivity index (χ0) is 17.8. The summed E-state index contributed by atoms with van der Waals surface area (Å²) in [6.07, 6.45) is 4.32. The van der Waals surface area contributed by atoms with Gasteiger partial charge in [0.1, 0.15) is 0 Å². The first kappa shape index (κ1) is 17.3. The van der Waals surface area contributed by atoms with Crippen molar-refractivity contribution in [1.29, 1.82) is 0 Å². The number of hydrogen-bond acceptors (Lipinski definition) is 2. The van der Waals surface area contributed by atoms with Gasteiger partial charge in [-0.3, -0.25) is 9.69 Å². The van der Waals surface area contributed by atoms with Crippen molar-refractivity contribution in [1.82, 2.24) is 9.80 Å². The Morgan fingerprint density at radius 2 is 1.38 bits per heavy atom. The Balaban J connectivity index is 1.42. The van der Waals surface area contributed by atoms with Crippen LogP contribution in [0.2, 0.25) is 0 Å². The van der Waals surface area contributed by atoms with Gasteiger partial charge >= 0.3 is 0 Å². The fourth-order valence-corrected chi connectivity index (χ4v) is 4.62. The highest BCUT2D eigenvalue weighted by Gasteiger charge is 2.45. The topological polar surface area (TPSA) is 23.6 Å². The van der Waals surface area contributed by atoms with E-state index in [2.05, 4.69) is 64.4 Å². The molecule has 0 unspecified atom stereocenters. The summed E-state index contributed by atoms with van der Waals surface area (Å²) in [6, 6.07) is 21.1. The van der Waals surface area contributed by atoms with Crippen molar-refractivity contribution in [3.63, 3.8) is 0 Å². The molecule has 0 aromatic heterocycles. The Bertz CT molecular complexity index is 714. The molecule has 1 saturated carbocycles. The average Bonchev–Trinajstić information content (AvgIpc) is 3.21. The summed E-state index contributed by atoms with van der Waals surface area (Å²) in [7, 11) is 0. The van der Waals surface area contributed by atoms with Crippen LogP contribution in [0.5, 0.6) is 0 Å². The van der Waals surface area contributed by atoms with E-state index in [4.69, 9.17) is 0 Å². The highest BCUT2D eigenvalue weighted by atomic mass is 16.2. The van der Waals surface area contributed by atoms with E-state index in [-0.39, 0.29) is 5.41 Å². The smallest absolute Gasteiger partial charge is 0.233 e. The second kappa shape index (κ2) is 7.63. The highest BCUT2D eigenvalue weighted by Crippen LogP contribution is 2.42. The lowest BCUT2D eigenvalue weighted by molar-refractivity contribution is -0.139. The van der Waals surface area contributed by atoms with Gasteiger partial charge in [0, 0.05) is 32.7 Å². The SMILES string of the molecule is O=C(N1CCN(Cc2ccccc2)CC1)C1(c2ccccc2)CCCC1. The van der Waals surface area contributed by atoms with Gasteiger partial charge in [-0.05, 0) is 24.0 Å². The molecule has 1 aliphatic carbocycles. The third-order valence-electron chi connectivity index (χ3n) is 6.10. The van der Waals surface area contributed by atoms with E-state index in [9.17, 15) is 4.79 Å². The van der Waals surface area contributed by atoms with Crippen molar-refractivity contribution in [2.24, 2.45) is 0 Å². The van der Waals surface area contributed by atoms with Crippen LogP contribution >= 0.6 is 0 Å². The normalized spacial score (nSPS) is 20.2. The molecule has 136 valence electrons. The van der Waals surface area contributed by atoms with Crippen molar-refractivity contribution in [2.45, 2.75) is 37.6 Å². The molecule has 1 amide bonds. The zero-order valence-electron chi connectivity index (χ0n) is 15.4. The molecular weight excluding hydrogens is 320 g/mol. The summed E-state index contributed by atoms with van der Waals surface area (Å²) < 4.78 is 0. The average molecular weight is 348 g/mol. The molecule has 2 aromatic carbocycles. The summed E-state index contributed by atoms with van der Waals surface area (Å²) >= 11 is 0. The molecule has 0 atom stereocenters. The van der Waals surface area contributed by atoms with E-state index < -0.39 is 0 Å². The van der Waals surface area contributed by atoms with Crippen molar-refractivity contribution >= 4 is 5.91 Å². The molecule has 4 rings (SSSR count). The summed E-state index contributed by atoms with van der Waals surface area (Å²) in [5.41, 5.74) is 2.29. The second-order valence-electron chi connectivity index (χ2n) is 7.71. The third-order valence-corrected chi connectivity index (χ3v) is 6.10. The number of carbonyl (C=O) groups excluding carboxylic acids is 1. The van der Waals surface area contributed by atoms with Gasteiger partial charge in [0.15, 0.2) is 0 Å². The second-order valence-corrected chi connectivity index (χ2v) is 7.71. The fraction of sp³-hybridized carbons (Fsp3) is 0.435. The number of carbonyl (C=O) groups is 1. The predicted octanol–water partition coefficient (Wildman–Crippen LogP) is 3.84. The lowest BCUT2D eigenvalue weighted by atomic mass is 9.77. The van der Waals surface area contributed by atoms with Gasteiger partial charge in [-0.25, -0.2) is 0 Å². The number of amides is 1. The van der Waals surface area contributed by atoms with E-state index in [0.717, 1.165) is 58.4 Å². The lowest BCUT2D eigenvalue weighted by Crippen LogP contribution is -2.53. The first-order valence-corrected chi connectivity index (χ1v) is 9.89. The molecule has 1 aliphatic heterocycles. The van der Waals surface area contributed by atoms with Gasteiger partial charge in [-0.2, -0.15) is 0 Å². The predicted molar refractivity (Wildman–Crippen MR) is 105 cm³/mol. The minimum atomic E-state index is -0.275. The lowest BCUT2D eigenvalue weighted by Gasteiger charge is -2.40. The number of piperazine rings is 1. The number of benzene rings is 2. The first-order valence-electron chi connectivity index (χ1n) is 9.89. The van der Waals surface area contributed by atoms with Gasteiger partial charge in [0.05, 0.1) is 5.41 Å². The Labute approximate surface area is 156 Å². The Kier molecular flexibility index (Phi) is 5.07. The molecule has 2 aromatic rings. The maximum absolute atomic E-state index is 13.5. The molecule has 2 aliphatic rings. The quantitative estimate of drug-likeness (QED) is 0.838. The minimum Gasteiger partial charge on any atom is -0.339 e. The van der Waals surface area contributed by atoms with Gasteiger partial charge in [-0.1, -0.05) is 73.5 Å². The highest BCUT2D eigenvalue weighted by molar-refractivity contribution is 5.88. The standard InChI is InChI=1S/C23H28N2O/c26-22(23(13-7-8-14-23)21-11-5-2-6-12-21)25-17-15-24(16-18-25)19-20-9-3-1-4-10-20/h1-6,9-12H,7-8,13-19H2. The number of hydrogen-bond donors (Lipinski definition) is 0. The molecule has 1 saturated heterocycles. The number of nitrogens with zero attached hydrogens (tertiary/aromatic N) is 2. The Morgan fingerprint density at radius 1 is 0.808 bits per heavy atom. The largest absolute Gasteiger partial charge is 0.339 e. The van der Waals surface area contributed by atoms with Crippen LogP contribution in [-0.2, 0) is 16.8 Å². The van der Waals surface area contributed by atoms with E-state index in [1.54, 1.807) is 0 Å². The molecule has 0 radical (unpaired) electrons. The molecule has 3 nitrogen and oxygen atoms in total. The van der Waals surface area contributed by atoms with E-state index in [1.165, 1.54) is 11.1 Å². The molecule has 0 N–H and O–H groups in total. The maximum Gasteiger partial charge on any atom is 0.233 e. The molecule has 2 fully saturated rings. The molecule has 1 heterocycles. The summed E-state index contributed by atoms with van der Waals surface area (Å²) in [6.45, 7) is 4.60. The Hall–Kier alpha value is -2.13. The van der Waals surface area contributed by atoms with Gasteiger partial charge in [0.2, 0.25) is 5.91 Å². The van der Waals surface area contributed by atoms with E-state index >= 15 is 0 Å². The summed E-state index contributed by atoms with van der Waals surface area (Å²) in [5, 5.41) is 0. The van der Waals surface area contributed by atoms with Crippen LogP contribution in [0.25, 0.3) is 0 Å². The Morgan fingerprint density at radius 3 is 2.00 bits per heavy atom. The zero-order valence-corrected chi connectivity index (χ0v) is 15.4. The molecule has 3 heteroatoms. The van der Waals surface area contributed by atoms with Crippen LogP contribution in [0.3, 0.4) is 0 Å². The van der Waals surface area contributed by atoms with Crippen LogP contribution in [0, 0.1) is 0 Å². The monoisotopic (exact) mass is 348 g/mol. The van der Waals surface area contributed by atoms with E-state index in [0.29, 0.717) is 5.91 Å². The van der Waals surface area contributed by atoms with Crippen molar-refractivity contribution < 1.29 is 4.79 Å². The van der Waals surface area contributed by atoms with Gasteiger partial charge < -0.3 is 4.90 Å². The molecule has 0 bridgehead atoms. The van der Waals surface area contributed by atoms with Crippen molar-refractivity contribution in [3.05, 3.63) is 71.8 Å². The summed E-state index contributed by atoms with van der Waals surface area (Å²) in [5.74, 6) is 0.362. The van der Waals surface area contributed by atoms with E-state index in [1.807, 2.05) is 6.07 Å². The third kappa shape index (κ3) is 3.41. The molecule has 26 heavy (non-hydrogen) atoms. The fourth-order valence-electron chi connectivity index (χ4n) is 4.62. The van der Waals surface area contributed by atoms with Crippen LogP contribution in [0.4, 0.5) is 0 Å². The first-order chi connectivity index (χ1) is 12.8. The van der Waals surface area contributed by atoms with Gasteiger partial charge in [0.25, 0.3) is 0 Å².